The van der Waals surface area contributed by atoms with Gasteiger partial charge in [0.1, 0.15) is 5.69 Å². The van der Waals surface area contributed by atoms with Crippen molar-refractivity contribution in [2.24, 2.45) is 5.92 Å². The van der Waals surface area contributed by atoms with Crippen LogP contribution in [-0.4, -0.2) is 26.8 Å². The second-order valence-corrected chi connectivity index (χ2v) is 4.85. The summed E-state index contributed by atoms with van der Waals surface area (Å²) in [6, 6.07) is 0.134. The average molecular weight is 303 g/mol. The summed E-state index contributed by atoms with van der Waals surface area (Å²) in [6.45, 7) is 4.66. The number of hydrogen-bond acceptors (Lipinski definition) is 4. The fourth-order valence-corrected chi connectivity index (χ4v) is 1.71. The summed E-state index contributed by atoms with van der Waals surface area (Å²) in [4.78, 5) is 0. The topological polar surface area (TPSA) is 55.6 Å². The molecule has 0 saturated heterocycles. The highest BCUT2D eigenvalue weighted by Crippen LogP contribution is 2.22. The normalized spacial score (nSPS) is 11.4. The summed E-state index contributed by atoms with van der Waals surface area (Å²) in [6.07, 6.45) is 0. The minimum atomic E-state index is -1.55. The Morgan fingerprint density at radius 2 is 1.76 bits per heavy atom. The number of nitrogens with one attached hydrogen (secondary N) is 1. The van der Waals surface area contributed by atoms with Crippen molar-refractivity contribution >= 4 is 0 Å². The van der Waals surface area contributed by atoms with Gasteiger partial charge in [0.05, 0.1) is 6.54 Å². The predicted molar refractivity (Wildman–Crippen MR) is 65.5 cm³/mol. The van der Waals surface area contributed by atoms with Gasteiger partial charge in [-0.3, -0.25) is 0 Å². The monoisotopic (exact) mass is 303 g/mol. The number of tetrazole rings is 1. The molecule has 1 aromatic carbocycles. The first-order chi connectivity index (χ1) is 9.91. The van der Waals surface area contributed by atoms with Crippen LogP contribution in [-0.2, 0) is 6.54 Å². The molecule has 5 nitrogen and oxygen atoms in total. The maximum absolute atomic E-state index is 13.7. The molecule has 0 atom stereocenters. The van der Waals surface area contributed by atoms with E-state index in [1.54, 1.807) is 0 Å². The molecule has 0 aliphatic rings. The second-order valence-electron chi connectivity index (χ2n) is 4.85. The van der Waals surface area contributed by atoms with Gasteiger partial charge in [-0.1, -0.05) is 13.8 Å². The molecule has 0 radical (unpaired) electrons. The lowest BCUT2D eigenvalue weighted by atomic mass is 10.2. The summed E-state index contributed by atoms with van der Waals surface area (Å²) < 4.78 is 54.5. The summed E-state index contributed by atoms with van der Waals surface area (Å²) >= 11 is 0. The summed E-state index contributed by atoms with van der Waals surface area (Å²) in [5.41, 5.74) is -0.973. The lowest BCUT2D eigenvalue weighted by Crippen LogP contribution is -2.22. The van der Waals surface area contributed by atoms with E-state index in [0.29, 0.717) is 17.1 Å². The molecule has 0 saturated carbocycles. The van der Waals surface area contributed by atoms with E-state index in [2.05, 4.69) is 20.8 Å². The molecule has 0 amide bonds. The van der Waals surface area contributed by atoms with Gasteiger partial charge in [-0.15, -0.1) is 5.10 Å². The van der Waals surface area contributed by atoms with Crippen LogP contribution in [0.4, 0.5) is 17.6 Å². The highest BCUT2D eigenvalue weighted by molar-refractivity contribution is 5.36. The highest BCUT2D eigenvalue weighted by atomic mass is 19.2. The average Bonchev–Trinajstić information content (AvgIpc) is 2.85. The zero-order valence-electron chi connectivity index (χ0n) is 11.4. The van der Waals surface area contributed by atoms with Crippen molar-refractivity contribution in [2.45, 2.75) is 20.4 Å². The van der Waals surface area contributed by atoms with Crippen LogP contribution in [0.25, 0.3) is 5.69 Å². The quantitative estimate of drug-likeness (QED) is 0.678. The molecule has 1 aromatic heterocycles. The standard InChI is InChI=1S/C12H13F4N5/c1-6(2)4-17-5-9-18-19-20-21(9)12-10(15)7(13)3-8(14)11(12)16/h3,6,17H,4-5H2,1-2H3. The van der Waals surface area contributed by atoms with Crippen LogP contribution in [0.2, 0.25) is 0 Å². The van der Waals surface area contributed by atoms with Crippen LogP contribution < -0.4 is 5.32 Å². The smallest absolute Gasteiger partial charge is 0.187 e. The molecule has 2 rings (SSSR count). The zero-order valence-corrected chi connectivity index (χ0v) is 11.4. The van der Waals surface area contributed by atoms with Crippen molar-refractivity contribution in [2.75, 3.05) is 6.54 Å². The summed E-state index contributed by atoms with van der Waals surface area (Å²) in [5.74, 6) is -5.74. The van der Waals surface area contributed by atoms with Gasteiger partial charge in [-0.05, 0) is 22.9 Å². The molecule has 1 heterocycles. The van der Waals surface area contributed by atoms with Crippen molar-refractivity contribution in [1.82, 2.24) is 25.5 Å². The third kappa shape index (κ3) is 3.18. The lowest BCUT2D eigenvalue weighted by molar-refractivity contribution is 0.440. The summed E-state index contributed by atoms with van der Waals surface area (Å²) in [5, 5.41) is 13.2. The number of hydrogen-bond donors (Lipinski definition) is 1. The Hall–Kier alpha value is -2.03. The number of nitrogens with zero attached hydrogens (tertiary/aromatic N) is 4. The number of aromatic nitrogens is 4. The Bertz CT molecular complexity index is 615. The number of benzene rings is 1. The fraction of sp³-hybridized carbons (Fsp3) is 0.417. The van der Waals surface area contributed by atoms with Gasteiger partial charge in [-0.25, -0.2) is 17.6 Å². The molecule has 0 fully saturated rings. The maximum atomic E-state index is 13.7. The van der Waals surface area contributed by atoms with Crippen LogP contribution in [0.1, 0.15) is 19.7 Å². The maximum Gasteiger partial charge on any atom is 0.187 e. The minimum Gasteiger partial charge on any atom is -0.310 e. The minimum absolute atomic E-state index is 0.0402. The molecule has 2 aromatic rings. The van der Waals surface area contributed by atoms with Gasteiger partial charge in [0.25, 0.3) is 0 Å². The van der Waals surface area contributed by atoms with Crippen LogP contribution in [0, 0.1) is 29.2 Å². The molecule has 114 valence electrons. The largest absolute Gasteiger partial charge is 0.310 e. The van der Waals surface area contributed by atoms with E-state index in [1.165, 1.54) is 0 Å². The fourth-order valence-electron chi connectivity index (χ4n) is 1.71. The van der Waals surface area contributed by atoms with Crippen molar-refractivity contribution in [3.05, 3.63) is 35.2 Å². The van der Waals surface area contributed by atoms with E-state index < -0.39 is 29.0 Å². The van der Waals surface area contributed by atoms with E-state index in [0.717, 1.165) is 0 Å². The first kappa shape index (κ1) is 15.4. The van der Waals surface area contributed by atoms with Crippen LogP contribution in [0.5, 0.6) is 0 Å². The van der Waals surface area contributed by atoms with Crippen LogP contribution in [0.15, 0.2) is 6.07 Å². The van der Waals surface area contributed by atoms with Crippen molar-refractivity contribution in [3.8, 4) is 5.69 Å². The predicted octanol–water partition coefficient (Wildman–Crippen LogP) is 1.96. The Kier molecular flexibility index (Phi) is 4.51. The van der Waals surface area contributed by atoms with Crippen molar-refractivity contribution in [3.63, 3.8) is 0 Å². The van der Waals surface area contributed by atoms with E-state index in [4.69, 9.17) is 0 Å². The molecule has 0 bridgehead atoms. The van der Waals surface area contributed by atoms with Gasteiger partial charge in [-0.2, -0.15) is 4.68 Å². The van der Waals surface area contributed by atoms with Crippen molar-refractivity contribution in [1.29, 1.82) is 0 Å². The van der Waals surface area contributed by atoms with Crippen molar-refractivity contribution < 1.29 is 17.6 Å². The zero-order chi connectivity index (χ0) is 15.6. The third-order valence-corrected chi connectivity index (χ3v) is 2.67. The lowest BCUT2D eigenvalue weighted by Gasteiger charge is -2.10. The number of rotatable bonds is 5. The highest BCUT2D eigenvalue weighted by Gasteiger charge is 2.23. The third-order valence-electron chi connectivity index (χ3n) is 2.67. The van der Waals surface area contributed by atoms with Gasteiger partial charge in [0.2, 0.25) is 0 Å². The molecule has 21 heavy (non-hydrogen) atoms. The Morgan fingerprint density at radius 3 is 2.33 bits per heavy atom. The SMILES string of the molecule is CC(C)CNCc1nnnn1-c1c(F)c(F)cc(F)c1F. The molecular weight excluding hydrogens is 290 g/mol. The van der Waals surface area contributed by atoms with Gasteiger partial charge < -0.3 is 5.32 Å². The molecular formula is C12H13F4N5. The molecule has 9 heteroatoms. The molecule has 0 unspecified atom stereocenters. The van der Waals surface area contributed by atoms with Gasteiger partial charge in [0, 0.05) is 6.07 Å². The Balaban J connectivity index is 2.38. The van der Waals surface area contributed by atoms with E-state index in [9.17, 15) is 17.6 Å². The van der Waals surface area contributed by atoms with E-state index >= 15 is 0 Å². The molecule has 0 aliphatic heterocycles. The van der Waals surface area contributed by atoms with Gasteiger partial charge in [0.15, 0.2) is 29.1 Å². The van der Waals surface area contributed by atoms with Crippen LogP contribution in [0.3, 0.4) is 0 Å². The first-order valence-corrected chi connectivity index (χ1v) is 6.23. The first-order valence-electron chi connectivity index (χ1n) is 6.23. The Labute approximate surface area is 118 Å². The molecule has 0 spiro atoms. The number of halogens is 4. The van der Waals surface area contributed by atoms with Crippen LogP contribution >= 0.6 is 0 Å². The molecule has 0 aliphatic carbocycles. The summed E-state index contributed by atoms with van der Waals surface area (Å²) in [7, 11) is 0. The Morgan fingerprint density at radius 1 is 1.14 bits per heavy atom. The van der Waals surface area contributed by atoms with E-state index in [1.807, 2.05) is 13.8 Å². The van der Waals surface area contributed by atoms with Gasteiger partial charge >= 0.3 is 0 Å². The second kappa shape index (κ2) is 6.17. The molecule has 1 N–H and O–H groups in total. The van der Waals surface area contributed by atoms with E-state index in [-0.39, 0.29) is 18.4 Å².